The number of piperidine rings is 1. The van der Waals surface area contributed by atoms with Crippen LogP contribution in [0.25, 0.3) is 0 Å². The zero-order valence-corrected chi connectivity index (χ0v) is 9.15. The number of nitrogens with one attached hydrogen (secondary N) is 1. The van der Waals surface area contributed by atoms with Crippen molar-refractivity contribution in [2.75, 3.05) is 19.7 Å². The quantitative estimate of drug-likeness (QED) is 0.797. The third kappa shape index (κ3) is 2.16. The smallest absolute Gasteiger partial charge is 0.0491 e. The van der Waals surface area contributed by atoms with Crippen LogP contribution in [0.5, 0.6) is 0 Å². The standard InChI is InChI=1S/C11H17NOS/c13-9-11(3-5-12-6-4-11)8-10-2-1-7-14-10/h1-2,7,12-13H,3-6,8-9H2. The topological polar surface area (TPSA) is 32.3 Å². The van der Waals surface area contributed by atoms with Gasteiger partial charge in [0.05, 0.1) is 0 Å². The number of hydrogen-bond donors (Lipinski definition) is 2. The van der Waals surface area contributed by atoms with E-state index in [0.29, 0.717) is 6.61 Å². The molecule has 1 aliphatic heterocycles. The van der Waals surface area contributed by atoms with Crippen molar-refractivity contribution in [3.05, 3.63) is 22.4 Å². The first kappa shape index (κ1) is 10.1. The molecule has 78 valence electrons. The summed E-state index contributed by atoms with van der Waals surface area (Å²) in [6, 6.07) is 4.26. The Morgan fingerprint density at radius 1 is 1.43 bits per heavy atom. The highest BCUT2D eigenvalue weighted by Gasteiger charge is 2.31. The van der Waals surface area contributed by atoms with E-state index < -0.39 is 0 Å². The largest absolute Gasteiger partial charge is 0.396 e. The van der Waals surface area contributed by atoms with Crippen molar-refractivity contribution in [2.45, 2.75) is 19.3 Å². The molecule has 0 unspecified atom stereocenters. The molecule has 0 amide bonds. The lowest BCUT2D eigenvalue weighted by Gasteiger charge is -2.35. The van der Waals surface area contributed by atoms with Crippen LogP contribution < -0.4 is 5.32 Å². The van der Waals surface area contributed by atoms with Crippen molar-refractivity contribution in [1.29, 1.82) is 0 Å². The maximum Gasteiger partial charge on any atom is 0.0491 e. The summed E-state index contributed by atoms with van der Waals surface area (Å²) in [4.78, 5) is 1.40. The molecular weight excluding hydrogens is 194 g/mol. The van der Waals surface area contributed by atoms with E-state index in [4.69, 9.17) is 0 Å². The van der Waals surface area contributed by atoms with Gasteiger partial charge in [-0.05, 0) is 43.8 Å². The van der Waals surface area contributed by atoms with Gasteiger partial charge in [0.1, 0.15) is 0 Å². The van der Waals surface area contributed by atoms with Gasteiger partial charge in [-0.2, -0.15) is 0 Å². The summed E-state index contributed by atoms with van der Waals surface area (Å²) in [5.41, 5.74) is 0.149. The van der Waals surface area contributed by atoms with Gasteiger partial charge in [0, 0.05) is 16.9 Å². The Morgan fingerprint density at radius 3 is 2.79 bits per heavy atom. The zero-order valence-electron chi connectivity index (χ0n) is 8.33. The van der Waals surface area contributed by atoms with Gasteiger partial charge in [0.25, 0.3) is 0 Å². The third-order valence-corrected chi connectivity index (χ3v) is 4.01. The van der Waals surface area contributed by atoms with Crippen molar-refractivity contribution in [3.8, 4) is 0 Å². The molecule has 3 heteroatoms. The Hall–Kier alpha value is -0.380. The lowest BCUT2D eigenvalue weighted by atomic mass is 9.76. The van der Waals surface area contributed by atoms with E-state index in [0.717, 1.165) is 32.4 Å². The number of hydrogen-bond acceptors (Lipinski definition) is 3. The van der Waals surface area contributed by atoms with E-state index >= 15 is 0 Å². The van der Waals surface area contributed by atoms with Crippen molar-refractivity contribution in [3.63, 3.8) is 0 Å². The SMILES string of the molecule is OCC1(Cc2cccs2)CCNCC1. The molecule has 1 aliphatic rings. The van der Waals surface area contributed by atoms with Crippen molar-refractivity contribution in [1.82, 2.24) is 5.32 Å². The molecule has 1 aromatic rings. The molecule has 2 N–H and O–H groups in total. The second-order valence-corrected chi connectivity index (χ2v) is 5.20. The van der Waals surface area contributed by atoms with Crippen LogP contribution in [0.3, 0.4) is 0 Å². The van der Waals surface area contributed by atoms with E-state index in [1.807, 2.05) is 0 Å². The molecule has 0 saturated carbocycles. The number of thiophene rings is 1. The van der Waals surface area contributed by atoms with Crippen LogP contribution in [0.15, 0.2) is 17.5 Å². The van der Waals surface area contributed by atoms with Crippen LogP contribution in [-0.2, 0) is 6.42 Å². The van der Waals surface area contributed by atoms with Crippen LogP contribution in [-0.4, -0.2) is 24.8 Å². The molecule has 1 fully saturated rings. The minimum Gasteiger partial charge on any atom is -0.396 e. The fourth-order valence-electron chi connectivity index (χ4n) is 2.13. The molecule has 2 heterocycles. The predicted octanol–water partition coefficient (Wildman–Crippen LogP) is 1.65. The molecule has 2 nitrogen and oxygen atoms in total. The molecule has 0 spiro atoms. The van der Waals surface area contributed by atoms with Gasteiger partial charge < -0.3 is 10.4 Å². The summed E-state index contributed by atoms with van der Waals surface area (Å²) in [7, 11) is 0. The molecule has 14 heavy (non-hydrogen) atoms. The molecule has 0 atom stereocenters. The van der Waals surface area contributed by atoms with Crippen molar-refractivity contribution < 1.29 is 5.11 Å². The summed E-state index contributed by atoms with van der Waals surface area (Å²) in [5.74, 6) is 0. The van der Waals surface area contributed by atoms with Crippen LogP contribution in [0, 0.1) is 5.41 Å². The molecule has 1 saturated heterocycles. The maximum absolute atomic E-state index is 9.52. The number of aliphatic hydroxyl groups excluding tert-OH is 1. The number of rotatable bonds is 3. The first-order valence-electron chi connectivity index (χ1n) is 5.19. The van der Waals surface area contributed by atoms with E-state index in [-0.39, 0.29) is 5.41 Å². The van der Waals surface area contributed by atoms with Gasteiger partial charge >= 0.3 is 0 Å². The van der Waals surface area contributed by atoms with Gasteiger partial charge in [0.2, 0.25) is 0 Å². The first-order chi connectivity index (χ1) is 6.85. The van der Waals surface area contributed by atoms with Gasteiger partial charge in [-0.1, -0.05) is 6.07 Å². The summed E-state index contributed by atoms with van der Waals surface area (Å²) in [6.07, 6.45) is 3.24. The summed E-state index contributed by atoms with van der Waals surface area (Å²) >= 11 is 1.80. The Morgan fingerprint density at radius 2 is 2.21 bits per heavy atom. The van der Waals surface area contributed by atoms with E-state index in [1.165, 1.54) is 4.88 Å². The molecule has 0 radical (unpaired) electrons. The van der Waals surface area contributed by atoms with Gasteiger partial charge in [-0.15, -0.1) is 11.3 Å². The summed E-state index contributed by atoms with van der Waals surface area (Å²) < 4.78 is 0. The van der Waals surface area contributed by atoms with E-state index in [1.54, 1.807) is 11.3 Å². The molecular formula is C11H17NOS. The third-order valence-electron chi connectivity index (χ3n) is 3.13. The summed E-state index contributed by atoms with van der Waals surface area (Å²) in [6.45, 7) is 2.42. The van der Waals surface area contributed by atoms with Crippen molar-refractivity contribution in [2.24, 2.45) is 5.41 Å². The molecule has 1 aromatic heterocycles. The van der Waals surface area contributed by atoms with Crippen LogP contribution >= 0.6 is 11.3 Å². The van der Waals surface area contributed by atoms with Gasteiger partial charge in [-0.25, -0.2) is 0 Å². The zero-order chi connectivity index (χ0) is 9.86. The minimum atomic E-state index is 0.149. The molecule has 0 bridgehead atoms. The highest BCUT2D eigenvalue weighted by Crippen LogP contribution is 2.33. The fraction of sp³-hybridized carbons (Fsp3) is 0.636. The Labute approximate surface area is 89.0 Å². The first-order valence-corrected chi connectivity index (χ1v) is 6.07. The molecule has 2 rings (SSSR count). The van der Waals surface area contributed by atoms with E-state index in [2.05, 4.69) is 22.8 Å². The molecule has 0 aromatic carbocycles. The fourth-order valence-corrected chi connectivity index (χ4v) is 3.01. The Kier molecular flexibility index (Phi) is 3.21. The van der Waals surface area contributed by atoms with Crippen LogP contribution in [0.2, 0.25) is 0 Å². The summed E-state index contributed by atoms with van der Waals surface area (Å²) in [5, 5.41) is 15.0. The second kappa shape index (κ2) is 4.43. The highest BCUT2D eigenvalue weighted by atomic mass is 32.1. The van der Waals surface area contributed by atoms with Crippen LogP contribution in [0.4, 0.5) is 0 Å². The lowest BCUT2D eigenvalue weighted by molar-refractivity contribution is 0.0901. The average Bonchev–Trinajstić information content (AvgIpc) is 2.72. The van der Waals surface area contributed by atoms with Gasteiger partial charge in [-0.3, -0.25) is 0 Å². The van der Waals surface area contributed by atoms with Crippen molar-refractivity contribution >= 4 is 11.3 Å². The lowest BCUT2D eigenvalue weighted by Crippen LogP contribution is -2.40. The Balaban J connectivity index is 2.04. The Bertz CT molecular complexity index is 265. The maximum atomic E-state index is 9.52. The number of aliphatic hydroxyl groups is 1. The normalized spacial score (nSPS) is 20.9. The second-order valence-electron chi connectivity index (χ2n) is 4.16. The van der Waals surface area contributed by atoms with E-state index in [9.17, 15) is 5.11 Å². The highest BCUT2D eigenvalue weighted by molar-refractivity contribution is 7.09. The van der Waals surface area contributed by atoms with Crippen LogP contribution in [0.1, 0.15) is 17.7 Å². The molecule has 0 aliphatic carbocycles. The monoisotopic (exact) mass is 211 g/mol. The minimum absolute atomic E-state index is 0.149. The average molecular weight is 211 g/mol. The predicted molar refractivity (Wildman–Crippen MR) is 59.6 cm³/mol. The van der Waals surface area contributed by atoms with Gasteiger partial charge in [0.15, 0.2) is 0 Å².